The Morgan fingerprint density at radius 1 is 0.392 bits per heavy atom. The van der Waals surface area contributed by atoms with E-state index in [-0.39, 0.29) is 12.3 Å². The number of hydrogen-bond donors (Lipinski definition) is 2. The Hall–Kier alpha value is -5.81. The van der Waals surface area contributed by atoms with E-state index in [9.17, 15) is 0 Å². The van der Waals surface area contributed by atoms with Crippen molar-refractivity contribution >= 4 is 43.3 Å². The molecule has 2 N–H and O–H groups in total. The monoisotopic (exact) mass is 719 g/mol. The van der Waals surface area contributed by atoms with Gasteiger partial charge in [-0.1, -0.05) is 192 Å². The van der Waals surface area contributed by atoms with Gasteiger partial charge in [0.2, 0.25) is 0 Å². The lowest BCUT2D eigenvalue weighted by atomic mass is 9.90. The van der Waals surface area contributed by atoms with Crippen LogP contribution >= 0.6 is 15.9 Å². The van der Waals surface area contributed by atoms with Gasteiger partial charge in [-0.15, -0.1) is 0 Å². The summed E-state index contributed by atoms with van der Waals surface area (Å²) in [5, 5.41) is 12.4. The second-order valence-corrected chi connectivity index (χ2v) is 13.8. The number of nitrogens with one attached hydrogen (secondary N) is 2. The molecular formula is C47H34BrN3. The lowest BCUT2D eigenvalue weighted by Gasteiger charge is -2.32. The van der Waals surface area contributed by atoms with E-state index < -0.39 is 0 Å². The lowest BCUT2D eigenvalue weighted by molar-refractivity contribution is 0.409. The molecule has 0 aromatic heterocycles. The predicted molar refractivity (Wildman–Crippen MR) is 217 cm³/mol. The average Bonchev–Trinajstić information content (AvgIpc) is 3.21. The summed E-state index contributed by atoms with van der Waals surface area (Å²) in [5.41, 5.74) is 10.6. The maximum atomic E-state index is 5.18. The maximum absolute atomic E-state index is 5.18. The molecule has 0 aliphatic carbocycles. The van der Waals surface area contributed by atoms with Gasteiger partial charge in [-0.05, 0) is 72.1 Å². The number of fused-ring (bicyclic) bond motifs is 2. The van der Waals surface area contributed by atoms with Crippen LogP contribution in [-0.2, 0) is 0 Å². The highest BCUT2D eigenvalue weighted by Crippen LogP contribution is 2.40. The van der Waals surface area contributed by atoms with Crippen molar-refractivity contribution in [2.45, 2.75) is 12.3 Å². The first-order chi connectivity index (χ1) is 25.2. The molecular weight excluding hydrogens is 686 g/mol. The van der Waals surface area contributed by atoms with Crippen molar-refractivity contribution in [3.63, 3.8) is 0 Å². The van der Waals surface area contributed by atoms with Crippen LogP contribution in [0.25, 0.3) is 54.9 Å². The van der Waals surface area contributed by atoms with Crippen molar-refractivity contribution in [3.8, 4) is 33.4 Å². The molecule has 0 amide bonds. The van der Waals surface area contributed by atoms with Crippen LogP contribution in [0, 0.1) is 0 Å². The number of rotatable bonds is 6. The molecule has 1 heterocycles. The molecule has 2 atom stereocenters. The third kappa shape index (κ3) is 6.03. The fourth-order valence-electron chi connectivity index (χ4n) is 7.27. The van der Waals surface area contributed by atoms with Gasteiger partial charge < -0.3 is 5.32 Å². The first-order valence-electron chi connectivity index (χ1n) is 17.3. The van der Waals surface area contributed by atoms with Gasteiger partial charge in [0.25, 0.3) is 0 Å². The Labute approximate surface area is 306 Å². The van der Waals surface area contributed by atoms with Crippen LogP contribution in [0.4, 0.5) is 0 Å². The van der Waals surface area contributed by atoms with Gasteiger partial charge >= 0.3 is 0 Å². The minimum atomic E-state index is -0.188. The van der Waals surface area contributed by atoms with E-state index in [0.717, 1.165) is 27.0 Å². The maximum Gasteiger partial charge on any atom is 0.131 e. The van der Waals surface area contributed by atoms with E-state index in [4.69, 9.17) is 4.99 Å². The Morgan fingerprint density at radius 3 is 1.57 bits per heavy atom. The zero-order chi connectivity index (χ0) is 34.1. The number of halogens is 1. The van der Waals surface area contributed by atoms with Gasteiger partial charge in [0.1, 0.15) is 18.2 Å². The molecule has 0 bridgehead atoms. The molecule has 0 fully saturated rings. The van der Waals surface area contributed by atoms with Crippen LogP contribution in [0.2, 0.25) is 0 Å². The molecule has 1 aliphatic rings. The van der Waals surface area contributed by atoms with Crippen LogP contribution in [0.5, 0.6) is 0 Å². The molecule has 0 spiro atoms. The predicted octanol–water partition coefficient (Wildman–Crippen LogP) is 12.1. The fraction of sp³-hybridized carbons (Fsp3) is 0.0426. The number of hydrogen-bond acceptors (Lipinski definition) is 3. The van der Waals surface area contributed by atoms with Crippen LogP contribution in [0.3, 0.4) is 0 Å². The average molecular weight is 721 g/mol. The Bertz CT molecular complexity index is 2530. The molecule has 4 heteroatoms. The summed E-state index contributed by atoms with van der Waals surface area (Å²) in [4.78, 5) is 5.18. The van der Waals surface area contributed by atoms with Crippen LogP contribution in [0.15, 0.2) is 191 Å². The topological polar surface area (TPSA) is 36.4 Å². The molecule has 2 unspecified atom stereocenters. The number of benzene rings is 8. The van der Waals surface area contributed by atoms with Gasteiger partial charge in [0, 0.05) is 10.0 Å². The fourth-order valence-corrected chi connectivity index (χ4v) is 7.75. The van der Waals surface area contributed by atoms with Gasteiger partial charge in [-0.2, -0.15) is 0 Å². The van der Waals surface area contributed by atoms with Crippen LogP contribution in [-0.4, -0.2) is 5.84 Å². The molecule has 0 radical (unpaired) electrons. The first-order valence-corrected chi connectivity index (χ1v) is 18.1. The van der Waals surface area contributed by atoms with Gasteiger partial charge in [-0.25, -0.2) is 4.99 Å². The van der Waals surface area contributed by atoms with Gasteiger partial charge in [0.05, 0.1) is 0 Å². The van der Waals surface area contributed by atoms with Crippen LogP contribution in [0.1, 0.15) is 29.0 Å². The molecule has 9 rings (SSSR count). The molecule has 3 nitrogen and oxygen atoms in total. The van der Waals surface area contributed by atoms with E-state index in [0.29, 0.717) is 0 Å². The van der Waals surface area contributed by atoms with E-state index in [1.807, 2.05) is 6.07 Å². The molecule has 51 heavy (non-hydrogen) atoms. The standard InChI is InChI=1S/C47H34BrN3/c48-44-30-29-42(40-17-9-10-18-43(40)44)41-28-27-37(38-15-7-8-16-39(38)41)33-21-25-36(26-22-33)47-50-45(34-13-5-2-6-14-34)49-46(51-47)35-23-19-32(20-24-35)31-11-3-1-4-12-31/h1-30,45-46,49H,(H,50,51). The smallest absolute Gasteiger partial charge is 0.131 e. The molecule has 8 aromatic rings. The minimum Gasteiger partial charge on any atom is -0.350 e. The molecule has 1 aliphatic heterocycles. The van der Waals surface area contributed by atoms with Crippen molar-refractivity contribution in [2.24, 2.45) is 4.99 Å². The summed E-state index contributed by atoms with van der Waals surface area (Å²) in [6.45, 7) is 0. The van der Waals surface area contributed by atoms with E-state index >= 15 is 0 Å². The molecule has 0 saturated carbocycles. The highest BCUT2D eigenvalue weighted by atomic mass is 79.9. The van der Waals surface area contributed by atoms with Crippen molar-refractivity contribution in [1.29, 1.82) is 0 Å². The zero-order valence-electron chi connectivity index (χ0n) is 27.8. The highest BCUT2D eigenvalue weighted by molar-refractivity contribution is 9.10. The van der Waals surface area contributed by atoms with Gasteiger partial charge in [0.15, 0.2) is 0 Å². The highest BCUT2D eigenvalue weighted by Gasteiger charge is 2.25. The third-order valence-corrected chi connectivity index (χ3v) is 10.6. The number of aliphatic imine (C=N–C) groups is 1. The molecule has 244 valence electrons. The SMILES string of the molecule is Brc1ccc(-c2ccc(-c3ccc(C4=NC(c5ccccc5)NC(c5ccc(-c6ccccc6)cc5)N4)cc3)c3ccccc23)c2ccccc12. The summed E-state index contributed by atoms with van der Waals surface area (Å²) < 4.78 is 1.11. The summed E-state index contributed by atoms with van der Waals surface area (Å²) in [6.07, 6.45) is -0.300. The van der Waals surface area contributed by atoms with E-state index in [1.54, 1.807) is 0 Å². The Morgan fingerprint density at radius 2 is 0.882 bits per heavy atom. The summed E-state index contributed by atoms with van der Waals surface area (Å²) in [7, 11) is 0. The number of amidine groups is 1. The van der Waals surface area contributed by atoms with Gasteiger partial charge in [-0.3, -0.25) is 5.32 Å². The molecule has 8 aromatic carbocycles. The minimum absolute atomic E-state index is 0.113. The third-order valence-electron chi connectivity index (χ3n) is 9.88. The zero-order valence-corrected chi connectivity index (χ0v) is 29.4. The summed E-state index contributed by atoms with van der Waals surface area (Å²) in [5.74, 6) is 0.869. The molecule has 0 saturated heterocycles. The second-order valence-electron chi connectivity index (χ2n) is 12.9. The Kier molecular flexibility index (Phi) is 8.25. The van der Waals surface area contributed by atoms with Crippen molar-refractivity contribution < 1.29 is 0 Å². The summed E-state index contributed by atoms with van der Waals surface area (Å²) in [6, 6.07) is 64.8. The largest absolute Gasteiger partial charge is 0.350 e. The summed E-state index contributed by atoms with van der Waals surface area (Å²) >= 11 is 3.75. The number of nitrogens with zero attached hydrogens (tertiary/aromatic N) is 1. The van der Waals surface area contributed by atoms with Crippen molar-refractivity contribution in [3.05, 3.63) is 203 Å². The van der Waals surface area contributed by atoms with E-state index in [1.165, 1.54) is 54.9 Å². The van der Waals surface area contributed by atoms with Crippen molar-refractivity contribution in [1.82, 2.24) is 10.6 Å². The second kappa shape index (κ2) is 13.5. The van der Waals surface area contributed by atoms with Crippen molar-refractivity contribution in [2.75, 3.05) is 0 Å². The first kappa shape index (κ1) is 31.2. The van der Waals surface area contributed by atoms with Crippen LogP contribution < -0.4 is 10.6 Å². The van der Waals surface area contributed by atoms with E-state index in [2.05, 4.69) is 202 Å². The lowest BCUT2D eigenvalue weighted by Crippen LogP contribution is -2.44. The normalized spacial score (nSPS) is 15.7. The quantitative estimate of drug-likeness (QED) is 0.179. The Balaban J connectivity index is 1.06.